The number of hydrogen-bond donors (Lipinski definition) is 0. The zero-order chi connectivity index (χ0) is 19.4. The van der Waals surface area contributed by atoms with Crippen molar-refractivity contribution in [2.45, 2.75) is 44.9 Å². The molecule has 4 rings (SSSR count). The SMILES string of the molecule is CC(C)(CC(C)(C)c1nc2cccc(Cl)c2o1)c1nc2c(Cl)cccc2o1. The van der Waals surface area contributed by atoms with E-state index in [1.807, 2.05) is 30.3 Å². The Labute approximate surface area is 167 Å². The van der Waals surface area contributed by atoms with E-state index in [0.29, 0.717) is 38.5 Å². The van der Waals surface area contributed by atoms with E-state index in [1.165, 1.54) is 0 Å². The lowest BCUT2D eigenvalue weighted by molar-refractivity contribution is 0.261. The third kappa shape index (κ3) is 3.21. The summed E-state index contributed by atoms with van der Waals surface area (Å²) in [6.07, 6.45) is 0.717. The van der Waals surface area contributed by atoms with Crippen LogP contribution >= 0.6 is 23.2 Å². The molecule has 4 nitrogen and oxygen atoms in total. The number of oxazole rings is 2. The molecular formula is C21H20Cl2N2O2. The molecule has 0 saturated heterocycles. The van der Waals surface area contributed by atoms with E-state index in [4.69, 9.17) is 32.0 Å². The van der Waals surface area contributed by atoms with Crippen LogP contribution in [0.25, 0.3) is 22.2 Å². The molecular weight excluding hydrogens is 383 g/mol. The molecule has 0 amide bonds. The van der Waals surface area contributed by atoms with Crippen LogP contribution in [0.4, 0.5) is 0 Å². The molecule has 6 heteroatoms. The van der Waals surface area contributed by atoms with Gasteiger partial charge in [0, 0.05) is 10.8 Å². The first-order valence-electron chi connectivity index (χ1n) is 8.78. The average Bonchev–Trinajstić information content (AvgIpc) is 3.20. The van der Waals surface area contributed by atoms with Gasteiger partial charge in [-0.05, 0) is 30.7 Å². The maximum absolute atomic E-state index is 6.25. The molecule has 27 heavy (non-hydrogen) atoms. The van der Waals surface area contributed by atoms with Gasteiger partial charge in [-0.25, -0.2) is 9.97 Å². The standard InChI is InChI=1S/C21H20Cl2N2O2/c1-20(2,18-24-14-9-5-8-13(23)17(14)27-18)11-21(3,4)19-25-16-12(22)7-6-10-15(16)26-19/h5-10H,11H2,1-4H3. The summed E-state index contributed by atoms with van der Waals surface area (Å²) in [5.41, 5.74) is 2.06. The number of hydrogen-bond acceptors (Lipinski definition) is 4. The number of fused-ring (bicyclic) bond motifs is 2. The van der Waals surface area contributed by atoms with Gasteiger partial charge in [-0.2, -0.15) is 0 Å². The minimum absolute atomic E-state index is 0.351. The van der Waals surface area contributed by atoms with Crippen LogP contribution in [0.3, 0.4) is 0 Å². The number of halogens is 2. The normalized spacial score (nSPS) is 13.0. The first-order chi connectivity index (χ1) is 12.7. The molecule has 0 unspecified atom stereocenters. The Kier molecular flexibility index (Phi) is 4.24. The van der Waals surface area contributed by atoms with Crippen molar-refractivity contribution in [1.82, 2.24) is 9.97 Å². The van der Waals surface area contributed by atoms with Crippen molar-refractivity contribution in [2.75, 3.05) is 0 Å². The lowest BCUT2D eigenvalue weighted by Gasteiger charge is -2.30. The molecule has 0 radical (unpaired) electrons. The van der Waals surface area contributed by atoms with Gasteiger partial charge in [0.1, 0.15) is 11.0 Å². The minimum atomic E-state index is -0.351. The molecule has 2 heterocycles. The Morgan fingerprint density at radius 2 is 1.44 bits per heavy atom. The van der Waals surface area contributed by atoms with Crippen molar-refractivity contribution in [2.24, 2.45) is 0 Å². The molecule has 0 aliphatic heterocycles. The second-order valence-electron chi connectivity index (χ2n) is 8.16. The molecule has 0 bridgehead atoms. The van der Waals surface area contributed by atoms with E-state index in [-0.39, 0.29) is 10.8 Å². The van der Waals surface area contributed by atoms with Crippen LogP contribution in [0.2, 0.25) is 10.0 Å². The summed E-state index contributed by atoms with van der Waals surface area (Å²) in [6.45, 7) is 8.40. The molecule has 4 aromatic rings. The Morgan fingerprint density at radius 1 is 0.815 bits per heavy atom. The third-order valence-corrected chi connectivity index (χ3v) is 5.38. The highest BCUT2D eigenvalue weighted by Crippen LogP contribution is 2.41. The predicted octanol–water partition coefficient (Wildman–Crippen LogP) is 6.92. The van der Waals surface area contributed by atoms with E-state index in [0.717, 1.165) is 11.9 Å². The average molecular weight is 403 g/mol. The number of para-hydroxylation sites is 2. The monoisotopic (exact) mass is 402 g/mol. The van der Waals surface area contributed by atoms with E-state index < -0.39 is 0 Å². The quantitative estimate of drug-likeness (QED) is 0.371. The van der Waals surface area contributed by atoms with Gasteiger partial charge < -0.3 is 8.83 Å². The summed E-state index contributed by atoms with van der Waals surface area (Å²) in [5.74, 6) is 1.29. The van der Waals surface area contributed by atoms with Gasteiger partial charge in [-0.15, -0.1) is 0 Å². The van der Waals surface area contributed by atoms with E-state index in [1.54, 1.807) is 6.07 Å². The summed E-state index contributed by atoms with van der Waals surface area (Å²) >= 11 is 12.5. The fraction of sp³-hybridized carbons (Fsp3) is 0.333. The van der Waals surface area contributed by atoms with Crippen molar-refractivity contribution >= 4 is 45.4 Å². The molecule has 2 aromatic heterocycles. The maximum Gasteiger partial charge on any atom is 0.201 e. The zero-order valence-corrected chi connectivity index (χ0v) is 17.1. The number of benzene rings is 2. The van der Waals surface area contributed by atoms with E-state index in [2.05, 4.69) is 37.7 Å². The van der Waals surface area contributed by atoms with Crippen LogP contribution in [0.1, 0.15) is 45.9 Å². The summed E-state index contributed by atoms with van der Waals surface area (Å²) in [5, 5.41) is 1.15. The lowest BCUT2D eigenvalue weighted by atomic mass is 9.75. The molecule has 0 aliphatic carbocycles. The molecule has 0 atom stereocenters. The van der Waals surface area contributed by atoms with Crippen molar-refractivity contribution in [1.29, 1.82) is 0 Å². The predicted molar refractivity (Wildman–Crippen MR) is 109 cm³/mol. The van der Waals surface area contributed by atoms with Gasteiger partial charge in [0.2, 0.25) is 11.8 Å². The van der Waals surface area contributed by atoms with E-state index in [9.17, 15) is 0 Å². The number of aromatic nitrogens is 2. The summed E-state index contributed by atoms with van der Waals surface area (Å²) < 4.78 is 12.0. The fourth-order valence-electron chi connectivity index (χ4n) is 3.67. The molecule has 2 aromatic carbocycles. The number of nitrogens with zero attached hydrogens (tertiary/aromatic N) is 2. The molecule has 140 valence electrons. The van der Waals surface area contributed by atoms with Gasteiger partial charge in [0.15, 0.2) is 11.2 Å². The molecule has 0 spiro atoms. The summed E-state index contributed by atoms with van der Waals surface area (Å²) in [4.78, 5) is 9.30. The zero-order valence-electron chi connectivity index (χ0n) is 15.6. The molecule has 0 N–H and O–H groups in total. The van der Waals surface area contributed by atoms with Gasteiger partial charge in [0.05, 0.1) is 10.0 Å². The van der Waals surface area contributed by atoms with E-state index >= 15 is 0 Å². The van der Waals surface area contributed by atoms with Crippen LogP contribution in [0.5, 0.6) is 0 Å². The lowest BCUT2D eigenvalue weighted by Crippen LogP contribution is -2.30. The fourth-order valence-corrected chi connectivity index (χ4v) is 4.08. The minimum Gasteiger partial charge on any atom is -0.440 e. The van der Waals surface area contributed by atoms with Crippen molar-refractivity contribution in [3.8, 4) is 0 Å². The second kappa shape index (κ2) is 6.25. The highest BCUT2D eigenvalue weighted by Gasteiger charge is 2.38. The van der Waals surface area contributed by atoms with Crippen LogP contribution in [-0.2, 0) is 10.8 Å². The third-order valence-electron chi connectivity index (χ3n) is 4.78. The van der Waals surface area contributed by atoms with Crippen molar-refractivity contribution < 1.29 is 8.83 Å². The molecule has 0 aliphatic rings. The summed E-state index contributed by atoms with van der Waals surface area (Å²) in [7, 11) is 0. The smallest absolute Gasteiger partial charge is 0.201 e. The topological polar surface area (TPSA) is 52.1 Å². The Morgan fingerprint density at radius 3 is 2.11 bits per heavy atom. The van der Waals surface area contributed by atoms with Gasteiger partial charge in [-0.1, -0.05) is 63.0 Å². The van der Waals surface area contributed by atoms with Crippen LogP contribution in [0.15, 0.2) is 45.2 Å². The number of rotatable bonds is 4. The Balaban J connectivity index is 1.70. The molecule has 0 fully saturated rings. The van der Waals surface area contributed by atoms with Crippen LogP contribution in [-0.4, -0.2) is 9.97 Å². The van der Waals surface area contributed by atoms with Crippen molar-refractivity contribution in [3.05, 3.63) is 58.2 Å². The second-order valence-corrected chi connectivity index (χ2v) is 8.97. The molecule has 0 saturated carbocycles. The van der Waals surface area contributed by atoms with Gasteiger partial charge in [-0.3, -0.25) is 0 Å². The highest BCUT2D eigenvalue weighted by molar-refractivity contribution is 6.35. The van der Waals surface area contributed by atoms with Crippen LogP contribution in [0, 0.1) is 0 Å². The van der Waals surface area contributed by atoms with Crippen LogP contribution < -0.4 is 0 Å². The maximum atomic E-state index is 6.25. The first kappa shape index (κ1) is 18.3. The largest absolute Gasteiger partial charge is 0.440 e. The highest BCUT2D eigenvalue weighted by atomic mass is 35.5. The van der Waals surface area contributed by atoms with Crippen molar-refractivity contribution in [3.63, 3.8) is 0 Å². The van der Waals surface area contributed by atoms with Gasteiger partial charge >= 0.3 is 0 Å². The van der Waals surface area contributed by atoms with Gasteiger partial charge in [0.25, 0.3) is 0 Å². The Bertz CT molecular complexity index is 1050. The Hall–Kier alpha value is -2.04. The summed E-state index contributed by atoms with van der Waals surface area (Å²) in [6, 6.07) is 11.1. The first-order valence-corrected chi connectivity index (χ1v) is 9.54.